The van der Waals surface area contributed by atoms with Gasteiger partial charge in [0.05, 0.1) is 18.4 Å². The van der Waals surface area contributed by atoms with Crippen LogP contribution >= 0.6 is 0 Å². The minimum Gasteiger partial charge on any atom is -0.492 e. The van der Waals surface area contributed by atoms with E-state index in [1.165, 1.54) is 6.20 Å². The largest absolute Gasteiger partial charge is 0.492 e. The van der Waals surface area contributed by atoms with Crippen LogP contribution in [0.25, 0.3) is 0 Å². The molecule has 0 aliphatic rings. The minimum atomic E-state index is 0.543. The zero-order chi connectivity index (χ0) is 8.10. The van der Waals surface area contributed by atoms with Gasteiger partial charge in [0.1, 0.15) is 5.75 Å². The topological polar surface area (TPSA) is 39.2 Å². The molecule has 3 nitrogen and oxygen atoms in total. The van der Waals surface area contributed by atoms with Gasteiger partial charge in [-0.25, -0.2) is 0 Å². The fourth-order valence-corrected chi connectivity index (χ4v) is 0.764. The first kappa shape index (κ1) is 7.72. The standard InChI is InChI=1S/C8H9NO2/c1-2-11-8-5-9-4-3-7(8)6-10/h3-6H,2H2,1H3. The number of nitrogens with zero attached hydrogens (tertiary/aromatic N) is 1. The van der Waals surface area contributed by atoms with Crippen LogP contribution in [0.4, 0.5) is 0 Å². The predicted octanol–water partition coefficient (Wildman–Crippen LogP) is 1.29. The Balaban J connectivity index is 2.92. The van der Waals surface area contributed by atoms with Crippen molar-refractivity contribution in [2.24, 2.45) is 0 Å². The number of rotatable bonds is 3. The van der Waals surface area contributed by atoms with Gasteiger partial charge >= 0.3 is 0 Å². The van der Waals surface area contributed by atoms with Gasteiger partial charge in [0.2, 0.25) is 0 Å². The Morgan fingerprint density at radius 1 is 1.73 bits per heavy atom. The molecule has 58 valence electrons. The maximum Gasteiger partial charge on any atom is 0.153 e. The number of aldehydes is 1. The SMILES string of the molecule is CCOc1cnccc1C=O. The van der Waals surface area contributed by atoms with Crippen LogP contribution in [0.2, 0.25) is 0 Å². The van der Waals surface area contributed by atoms with E-state index in [0.717, 1.165) is 6.29 Å². The molecule has 11 heavy (non-hydrogen) atoms. The first-order valence-electron chi connectivity index (χ1n) is 3.40. The van der Waals surface area contributed by atoms with Crippen LogP contribution in [0, 0.1) is 0 Å². The van der Waals surface area contributed by atoms with E-state index in [0.29, 0.717) is 17.9 Å². The molecule has 0 aliphatic heterocycles. The lowest BCUT2D eigenvalue weighted by Crippen LogP contribution is -1.95. The number of carbonyl (C=O) groups is 1. The molecule has 0 fully saturated rings. The molecule has 0 unspecified atom stereocenters. The van der Waals surface area contributed by atoms with Crippen molar-refractivity contribution < 1.29 is 9.53 Å². The molecule has 0 atom stereocenters. The molecule has 1 aromatic rings. The molecule has 1 heterocycles. The third kappa shape index (κ3) is 1.77. The molecular formula is C8H9NO2. The van der Waals surface area contributed by atoms with Crippen LogP contribution in [0.3, 0.4) is 0 Å². The minimum absolute atomic E-state index is 0.543. The summed E-state index contributed by atoms with van der Waals surface area (Å²) < 4.78 is 5.13. The van der Waals surface area contributed by atoms with Gasteiger partial charge in [0, 0.05) is 6.20 Å². The molecule has 0 saturated heterocycles. The summed E-state index contributed by atoms with van der Waals surface area (Å²) in [4.78, 5) is 14.2. The Labute approximate surface area is 65.0 Å². The van der Waals surface area contributed by atoms with E-state index in [2.05, 4.69) is 4.98 Å². The second-order valence-corrected chi connectivity index (χ2v) is 1.96. The van der Waals surface area contributed by atoms with E-state index >= 15 is 0 Å². The van der Waals surface area contributed by atoms with Gasteiger partial charge in [-0.05, 0) is 13.0 Å². The van der Waals surface area contributed by atoms with E-state index in [1.807, 2.05) is 6.92 Å². The summed E-state index contributed by atoms with van der Waals surface area (Å²) in [5, 5.41) is 0. The first-order valence-corrected chi connectivity index (χ1v) is 3.40. The highest BCUT2D eigenvalue weighted by atomic mass is 16.5. The average Bonchev–Trinajstić information content (AvgIpc) is 2.06. The molecule has 1 aromatic heterocycles. The average molecular weight is 151 g/mol. The number of hydrogen-bond donors (Lipinski definition) is 0. The Morgan fingerprint density at radius 3 is 3.18 bits per heavy atom. The first-order chi connectivity index (χ1) is 5.38. The van der Waals surface area contributed by atoms with Crippen molar-refractivity contribution in [2.45, 2.75) is 6.92 Å². The molecule has 0 radical (unpaired) electrons. The molecule has 0 aliphatic carbocycles. The van der Waals surface area contributed by atoms with Gasteiger partial charge in [-0.3, -0.25) is 9.78 Å². The van der Waals surface area contributed by atoms with Crippen molar-refractivity contribution in [3.8, 4) is 5.75 Å². The zero-order valence-corrected chi connectivity index (χ0v) is 6.28. The number of carbonyl (C=O) groups excluding carboxylic acids is 1. The Morgan fingerprint density at radius 2 is 2.55 bits per heavy atom. The van der Waals surface area contributed by atoms with Crippen molar-refractivity contribution >= 4 is 6.29 Å². The summed E-state index contributed by atoms with van der Waals surface area (Å²) in [5.41, 5.74) is 0.543. The van der Waals surface area contributed by atoms with Crippen LogP contribution < -0.4 is 4.74 Å². The predicted molar refractivity (Wildman–Crippen MR) is 40.8 cm³/mol. The molecule has 0 aromatic carbocycles. The van der Waals surface area contributed by atoms with Gasteiger partial charge in [0.25, 0.3) is 0 Å². The second kappa shape index (κ2) is 3.71. The molecule has 0 saturated carbocycles. The number of pyridine rings is 1. The maximum atomic E-state index is 10.4. The Kier molecular flexibility index (Phi) is 2.60. The fraction of sp³-hybridized carbons (Fsp3) is 0.250. The van der Waals surface area contributed by atoms with E-state index < -0.39 is 0 Å². The molecule has 3 heteroatoms. The van der Waals surface area contributed by atoms with Crippen molar-refractivity contribution in [1.29, 1.82) is 0 Å². The number of hydrogen-bond acceptors (Lipinski definition) is 3. The summed E-state index contributed by atoms with van der Waals surface area (Å²) >= 11 is 0. The summed E-state index contributed by atoms with van der Waals surface area (Å²) in [7, 11) is 0. The number of aromatic nitrogens is 1. The summed E-state index contributed by atoms with van der Waals surface area (Å²) in [6.07, 6.45) is 3.85. The van der Waals surface area contributed by atoms with Crippen LogP contribution in [-0.2, 0) is 0 Å². The molecular weight excluding hydrogens is 142 g/mol. The fourth-order valence-electron chi connectivity index (χ4n) is 0.764. The monoisotopic (exact) mass is 151 g/mol. The summed E-state index contributed by atoms with van der Waals surface area (Å²) in [5.74, 6) is 0.546. The van der Waals surface area contributed by atoms with Crippen LogP contribution in [0.1, 0.15) is 17.3 Å². The van der Waals surface area contributed by atoms with Gasteiger partial charge in [-0.2, -0.15) is 0 Å². The van der Waals surface area contributed by atoms with Crippen molar-refractivity contribution in [3.63, 3.8) is 0 Å². The molecule has 0 amide bonds. The summed E-state index contributed by atoms with van der Waals surface area (Å²) in [6, 6.07) is 1.62. The molecule has 0 N–H and O–H groups in total. The normalized spacial score (nSPS) is 9.18. The van der Waals surface area contributed by atoms with Crippen LogP contribution in [-0.4, -0.2) is 17.9 Å². The Hall–Kier alpha value is -1.38. The Bertz CT molecular complexity index is 248. The van der Waals surface area contributed by atoms with E-state index in [1.54, 1.807) is 12.3 Å². The quantitative estimate of drug-likeness (QED) is 0.611. The zero-order valence-electron chi connectivity index (χ0n) is 6.28. The maximum absolute atomic E-state index is 10.4. The van der Waals surface area contributed by atoms with Gasteiger partial charge in [0.15, 0.2) is 6.29 Å². The molecule has 0 spiro atoms. The lowest BCUT2D eigenvalue weighted by molar-refractivity contribution is 0.111. The van der Waals surface area contributed by atoms with Gasteiger partial charge < -0.3 is 4.74 Å². The highest BCUT2D eigenvalue weighted by molar-refractivity contribution is 5.78. The third-order valence-corrected chi connectivity index (χ3v) is 1.24. The van der Waals surface area contributed by atoms with Crippen LogP contribution in [0.15, 0.2) is 18.5 Å². The highest BCUT2D eigenvalue weighted by Crippen LogP contribution is 2.12. The van der Waals surface area contributed by atoms with E-state index in [4.69, 9.17) is 4.74 Å². The van der Waals surface area contributed by atoms with Gasteiger partial charge in [-0.15, -0.1) is 0 Å². The molecule has 0 bridgehead atoms. The molecule has 1 rings (SSSR count). The highest BCUT2D eigenvalue weighted by Gasteiger charge is 1.99. The van der Waals surface area contributed by atoms with E-state index in [-0.39, 0.29) is 0 Å². The van der Waals surface area contributed by atoms with E-state index in [9.17, 15) is 4.79 Å². The number of ether oxygens (including phenoxy) is 1. The third-order valence-electron chi connectivity index (χ3n) is 1.24. The van der Waals surface area contributed by atoms with Crippen molar-refractivity contribution in [1.82, 2.24) is 4.98 Å². The summed E-state index contributed by atoms with van der Waals surface area (Å²) in [6.45, 7) is 2.41. The van der Waals surface area contributed by atoms with Crippen LogP contribution in [0.5, 0.6) is 5.75 Å². The van der Waals surface area contributed by atoms with Crippen molar-refractivity contribution in [2.75, 3.05) is 6.61 Å². The lowest BCUT2D eigenvalue weighted by Gasteiger charge is -2.02. The van der Waals surface area contributed by atoms with Crippen molar-refractivity contribution in [3.05, 3.63) is 24.0 Å². The second-order valence-electron chi connectivity index (χ2n) is 1.96. The lowest BCUT2D eigenvalue weighted by atomic mass is 10.3. The smallest absolute Gasteiger partial charge is 0.153 e. The van der Waals surface area contributed by atoms with Gasteiger partial charge in [-0.1, -0.05) is 0 Å².